The van der Waals surface area contributed by atoms with Gasteiger partial charge in [-0.3, -0.25) is 4.79 Å². The maximum absolute atomic E-state index is 12.3. The Morgan fingerprint density at radius 3 is 2.56 bits per heavy atom. The highest BCUT2D eigenvalue weighted by Gasteiger charge is 2.40. The second-order valence-electron chi connectivity index (χ2n) is 5.37. The number of amides is 1. The van der Waals surface area contributed by atoms with E-state index >= 15 is 0 Å². The summed E-state index contributed by atoms with van der Waals surface area (Å²) in [6.45, 7) is 9.47. The van der Waals surface area contributed by atoms with Crippen molar-refractivity contribution in [2.24, 2.45) is 5.92 Å². The van der Waals surface area contributed by atoms with E-state index in [4.69, 9.17) is 0 Å². The number of rotatable bonds is 5. The van der Waals surface area contributed by atoms with Gasteiger partial charge in [0.1, 0.15) is 0 Å². The van der Waals surface area contributed by atoms with Gasteiger partial charge in [-0.1, -0.05) is 27.2 Å². The van der Waals surface area contributed by atoms with Crippen LogP contribution in [0, 0.1) is 5.92 Å². The Morgan fingerprint density at radius 2 is 2.12 bits per heavy atom. The van der Waals surface area contributed by atoms with Crippen molar-refractivity contribution < 1.29 is 4.79 Å². The summed E-state index contributed by atoms with van der Waals surface area (Å²) >= 11 is 0. The highest BCUT2D eigenvalue weighted by Crippen LogP contribution is 2.25. The number of hydrogen-bond donors (Lipinski definition) is 2. The molecule has 2 N–H and O–H groups in total. The number of nitrogens with one attached hydrogen (secondary N) is 2. The molecule has 0 aromatic heterocycles. The fourth-order valence-corrected chi connectivity index (χ4v) is 2.27. The van der Waals surface area contributed by atoms with Gasteiger partial charge in [0.25, 0.3) is 0 Å². The quantitative estimate of drug-likeness (QED) is 0.753. The van der Waals surface area contributed by atoms with E-state index in [0.29, 0.717) is 5.92 Å². The van der Waals surface area contributed by atoms with Crippen LogP contribution in [-0.4, -0.2) is 24.0 Å². The maximum Gasteiger partial charge on any atom is 0.240 e. The highest BCUT2D eigenvalue weighted by molar-refractivity contribution is 5.86. The van der Waals surface area contributed by atoms with E-state index in [9.17, 15) is 4.79 Å². The van der Waals surface area contributed by atoms with Gasteiger partial charge in [0.05, 0.1) is 5.54 Å². The lowest BCUT2D eigenvalue weighted by atomic mass is 9.90. The van der Waals surface area contributed by atoms with Crippen LogP contribution in [0.2, 0.25) is 0 Å². The Hall–Kier alpha value is -0.570. The first-order chi connectivity index (χ1) is 7.52. The normalized spacial score (nSPS) is 27.1. The van der Waals surface area contributed by atoms with Crippen molar-refractivity contribution in [2.45, 2.75) is 65.0 Å². The SMILES string of the molecule is CCCC1(C(=O)NC(C)C(C)C)CCCN1. The average molecular weight is 226 g/mol. The molecule has 16 heavy (non-hydrogen) atoms. The Bertz CT molecular complexity index is 232. The maximum atomic E-state index is 12.3. The van der Waals surface area contributed by atoms with Crippen molar-refractivity contribution in [2.75, 3.05) is 6.54 Å². The predicted octanol–water partition coefficient (Wildman–Crippen LogP) is 2.07. The minimum atomic E-state index is -0.280. The summed E-state index contributed by atoms with van der Waals surface area (Å²) in [6.07, 6.45) is 4.10. The molecule has 1 saturated heterocycles. The third-order valence-corrected chi connectivity index (χ3v) is 3.71. The summed E-state index contributed by atoms with van der Waals surface area (Å²) in [5.74, 6) is 0.692. The average Bonchev–Trinajstić information content (AvgIpc) is 2.68. The number of carbonyl (C=O) groups is 1. The van der Waals surface area contributed by atoms with Gasteiger partial charge >= 0.3 is 0 Å². The first-order valence-corrected chi connectivity index (χ1v) is 6.58. The molecular weight excluding hydrogens is 200 g/mol. The zero-order valence-electron chi connectivity index (χ0n) is 11.1. The predicted molar refractivity (Wildman–Crippen MR) is 67.3 cm³/mol. The van der Waals surface area contributed by atoms with Crippen molar-refractivity contribution >= 4 is 5.91 Å². The molecule has 1 rings (SSSR count). The van der Waals surface area contributed by atoms with Gasteiger partial charge in [-0.2, -0.15) is 0 Å². The Labute approximate surface area is 99.4 Å². The van der Waals surface area contributed by atoms with E-state index in [1.807, 2.05) is 0 Å². The molecule has 94 valence electrons. The third-order valence-electron chi connectivity index (χ3n) is 3.71. The second-order valence-corrected chi connectivity index (χ2v) is 5.37. The summed E-state index contributed by atoms with van der Waals surface area (Å²) in [4.78, 5) is 12.3. The highest BCUT2D eigenvalue weighted by atomic mass is 16.2. The lowest BCUT2D eigenvalue weighted by Gasteiger charge is -2.30. The Morgan fingerprint density at radius 1 is 1.44 bits per heavy atom. The Kier molecular flexibility index (Phi) is 4.78. The molecule has 1 aliphatic rings. The molecule has 1 heterocycles. The van der Waals surface area contributed by atoms with Crippen LogP contribution in [-0.2, 0) is 4.79 Å². The summed E-state index contributed by atoms with van der Waals surface area (Å²) in [6, 6.07) is 0.253. The van der Waals surface area contributed by atoms with E-state index in [1.165, 1.54) is 0 Å². The molecule has 0 aromatic carbocycles. The summed E-state index contributed by atoms with van der Waals surface area (Å²) in [5.41, 5.74) is -0.280. The number of hydrogen-bond acceptors (Lipinski definition) is 2. The smallest absolute Gasteiger partial charge is 0.240 e. The van der Waals surface area contributed by atoms with Crippen molar-refractivity contribution in [3.63, 3.8) is 0 Å². The zero-order chi connectivity index (χ0) is 12.2. The van der Waals surface area contributed by atoms with Crippen LogP contribution < -0.4 is 10.6 Å². The molecule has 0 aliphatic carbocycles. The molecule has 0 aromatic rings. The topological polar surface area (TPSA) is 41.1 Å². The van der Waals surface area contributed by atoms with E-state index in [0.717, 1.165) is 32.2 Å². The van der Waals surface area contributed by atoms with Gasteiger partial charge in [0.15, 0.2) is 0 Å². The first-order valence-electron chi connectivity index (χ1n) is 6.58. The van der Waals surface area contributed by atoms with Crippen LogP contribution in [0.25, 0.3) is 0 Å². The lowest BCUT2D eigenvalue weighted by molar-refractivity contribution is -0.128. The van der Waals surface area contributed by atoms with E-state index in [1.54, 1.807) is 0 Å². The molecule has 2 atom stereocenters. The molecular formula is C13H26N2O. The van der Waals surface area contributed by atoms with Crippen LogP contribution in [0.15, 0.2) is 0 Å². The minimum absolute atomic E-state index is 0.202. The van der Waals surface area contributed by atoms with Crippen molar-refractivity contribution in [3.05, 3.63) is 0 Å². The van der Waals surface area contributed by atoms with Crippen molar-refractivity contribution in [3.8, 4) is 0 Å². The monoisotopic (exact) mass is 226 g/mol. The standard InChI is InChI=1S/C13H26N2O/c1-5-7-13(8-6-9-14-13)12(16)15-11(4)10(2)3/h10-11,14H,5-9H2,1-4H3,(H,15,16). The van der Waals surface area contributed by atoms with Crippen LogP contribution in [0.3, 0.4) is 0 Å². The van der Waals surface area contributed by atoms with Crippen molar-refractivity contribution in [1.82, 2.24) is 10.6 Å². The van der Waals surface area contributed by atoms with Gasteiger partial charge in [0.2, 0.25) is 5.91 Å². The molecule has 3 nitrogen and oxygen atoms in total. The van der Waals surface area contributed by atoms with Gasteiger partial charge in [0, 0.05) is 6.04 Å². The number of carbonyl (C=O) groups excluding carboxylic acids is 1. The van der Waals surface area contributed by atoms with E-state index < -0.39 is 0 Å². The van der Waals surface area contributed by atoms with Gasteiger partial charge in [-0.15, -0.1) is 0 Å². The summed E-state index contributed by atoms with van der Waals surface area (Å²) < 4.78 is 0. The molecule has 0 saturated carbocycles. The molecule has 2 unspecified atom stereocenters. The van der Waals surface area contributed by atoms with Gasteiger partial charge < -0.3 is 10.6 Å². The molecule has 1 aliphatic heterocycles. The minimum Gasteiger partial charge on any atom is -0.352 e. The molecule has 0 spiro atoms. The van der Waals surface area contributed by atoms with Crippen molar-refractivity contribution in [1.29, 1.82) is 0 Å². The summed E-state index contributed by atoms with van der Waals surface area (Å²) in [5, 5.41) is 6.55. The molecule has 0 bridgehead atoms. The van der Waals surface area contributed by atoms with E-state index in [2.05, 4.69) is 38.3 Å². The second kappa shape index (κ2) is 5.67. The molecule has 1 fully saturated rings. The largest absolute Gasteiger partial charge is 0.352 e. The van der Waals surface area contributed by atoms with Crippen LogP contribution in [0.1, 0.15) is 53.4 Å². The van der Waals surface area contributed by atoms with Gasteiger partial charge in [-0.05, 0) is 38.6 Å². The van der Waals surface area contributed by atoms with Crippen LogP contribution in [0.4, 0.5) is 0 Å². The zero-order valence-corrected chi connectivity index (χ0v) is 11.1. The fourth-order valence-electron chi connectivity index (χ4n) is 2.27. The molecule has 1 amide bonds. The fraction of sp³-hybridized carbons (Fsp3) is 0.923. The Balaban J connectivity index is 2.61. The van der Waals surface area contributed by atoms with Crippen LogP contribution >= 0.6 is 0 Å². The lowest BCUT2D eigenvalue weighted by Crippen LogP contribution is -2.56. The summed E-state index contributed by atoms with van der Waals surface area (Å²) in [7, 11) is 0. The van der Waals surface area contributed by atoms with Gasteiger partial charge in [-0.25, -0.2) is 0 Å². The van der Waals surface area contributed by atoms with E-state index in [-0.39, 0.29) is 17.5 Å². The first kappa shape index (κ1) is 13.5. The molecule has 0 radical (unpaired) electrons. The van der Waals surface area contributed by atoms with Crippen LogP contribution in [0.5, 0.6) is 0 Å². The molecule has 3 heteroatoms. The third kappa shape index (κ3) is 2.97.